The third kappa shape index (κ3) is 2.64. The molecule has 1 saturated heterocycles. The number of carbonyl (C=O) groups is 1. The van der Waals surface area contributed by atoms with E-state index in [1.165, 1.54) is 5.56 Å². The average molecular weight is 374 g/mol. The zero-order valence-corrected chi connectivity index (χ0v) is 16.5. The maximum atomic E-state index is 13.4. The number of hydrogen-bond donors (Lipinski definition) is 0. The van der Waals surface area contributed by atoms with E-state index in [0.29, 0.717) is 11.9 Å². The first-order valence-electron chi connectivity index (χ1n) is 10.3. The molecule has 3 aromatic rings. The molecule has 1 saturated carbocycles. The molecule has 1 aromatic carbocycles. The molecule has 144 valence electrons. The molecule has 1 atom stereocenters. The smallest absolute Gasteiger partial charge is 0.233 e. The summed E-state index contributed by atoms with van der Waals surface area (Å²) in [6.07, 6.45) is 6.60. The van der Waals surface area contributed by atoms with E-state index in [1.54, 1.807) is 6.20 Å². The van der Waals surface area contributed by atoms with E-state index in [9.17, 15) is 4.79 Å². The second-order valence-corrected chi connectivity index (χ2v) is 8.48. The van der Waals surface area contributed by atoms with Crippen molar-refractivity contribution in [3.8, 4) is 0 Å². The summed E-state index contributed by atoms with van der Waals surface area (Å²) >= 11 is 0. The summed E-state index contributed by atoms with van der Waals surface area (Å²) in [7, 11) is 0. The van der Waals surface area contributed by atoms with E-state index < -0.39 is 0 Å². The second-order valence-electron chi connectivity index (χ2n) is 8.48. The van der Waals surface area contributed by atoms with Crippen LogP contribution in [0.5, 0.6) is 0 Å². The van der Waals surface area contributed by atoms with E-state index in [1.807, 2.05) is 30.5 Å². The van der Waals surface area contributed by atoms with E-state index in [2.05, 4.69) is 40.4 Å². The molecule has 2 aromatic heterocycles. The van der Waals surface area contributed by atoms with Gasteiger partial charge in [0.2, 0.25) is 5.91 Å². The number of nitrogens with zero attached hydrogens (tertiary/aromatic N) is 4. The zero-order chi connectivity index (χ0) is 19.3. The molecule has 1 aliphatic heterocycles. The lowest BCUT2D eigenvalue weighted by Crippen LogP contribution is -2.37. The fourth-order valence-corrected chi connectivity index (χ4v) is 4.76. The molecule has 2 aliphatic rings. The third-order valence-electron chi connectivity index (χ3n) is 6.36. The second kappa shape index (κ2) is 6.43. The Hall–Kier alpha value is -2.69. The summed E-state index contributed by atoms with van der Waals surface area (Å²) in [5.74, 6) is 1.68. The van der Waals surface area contributed by atoms with Gasteiger partial charge < -0.3 is 9.47 Å². The van der Waals surface area contributed by atoms with Crippen molar-refractivity contribution < 1.29 is 4.79 Å². The van der Waals surface area contributed by atoms with Gasteiger partial charge in [0.25, 0.3) is 0 Å². The number of imidazole rings is 1. The van der Waals surface area contributed by atoms with Gasteiger partial charge >= 0.3 is 0 Å². The minimum Gasteiger partial charge on any atom is -0.341 e. The number of likely N-dealkylation sites (tertiary alicyclic amines) is 1. The maximum Gasteiger partial charge on any atom is 0.233 e. The number of benzene rings is 1. The number of pyridine rings is 1. The van der Waals surface area contributed by atoms with Crippen molar-refractivity contribution in [3.63, 3.8) is 0 Å². The topological polar surface area (TPSA) is 51.0 Å². The predicted octanol–water partition coefficient (Wildman–Crippen LogP) is 4.06. The summed E-state index contributed by atoms with van der Waals surface area (Å²) in [6, 6.07) is 12.6. The van der Waals surface area contributed by atoms with E-state index in [4.69, 9.17) is 4.98 Å². The molecule has 2 fully saturated rings. The lowest BCUT2D eigenvalue weighted by Gasteiger charge is -2.24. The Balaban J connectivity index is 1.42. The molecule has 5 nitrogen and oxygen atoms in total. The first-order valence-corrected chi connectivity index (χ1v) is 10.3. The van der Waals surface area contributed by atoms with E-state index in [-0.39, 0.29) is 11.3 Å². The van der Waals surface area contributed by atoms with Crippen molar-refractivity contribution in [2.24, 2.45) is 0 Å². The normalized spacial score (nSPS) is 20.8. The molecule has 0 spiro atoms. The highest BCUT2D eigenvalue weighted by Crippen LogP contribution is 2.50. The summed E-state index contributed by atoms with van der Waals surface area (Å²) in [5, 5.41) is 0. The van der Waals surface area contributed by atoms with Crippen LogP contribution in [0.25, 0.3) is 11.0 Å². The quantitative estimate of drug-likeness (QED) is 0.692. The van der Waals surface area contributed by atoms with Crippen molar-refractivity contribution in [1.82, 2.24) is 19.4 Å². The van der Waals surface area contributed by atoms with Crippen LogP contribution in [0.4, 0.5) is 0 Å². The molecule has 1 amide bonds. The minimum absolute atomic E-state index is 0.280. The van der Waals surface area contributed by atoms with Crippen LogP contribution in [0.15, 0.2) is 48.8 Å². The van der Waals surface area contributed by atoms with Gasteiger partial charge in [-0.3, -0.25) is 9.78 Å². The number of rotatable bonds is 4. The Labute approximate surface area is 165 Å². The van der Waals surface area contributed by atoms with Crippen molar-refractivity contribution in [3.05, 3.63) is 60.2 Å². The standard InChI is InChI=1S/C23H26N4O/c1-16(2)27-20-14-24-12-8-19(20)25-21(27)17-9-13-26(15-17)22(28)23(10-11-23)18-6-4-3-5-7-18/h3-8,12,14,16-17H,9-11,13,15H2,1-2H3. The van der Waals surface area contributed by atoms with Crippen LogP contribution in [0.2, 0.25) is 0 Å². The van der Waals surface area contributed by atoms with Crippen molar-refractivity contribution in [2.75, 3.05) is 13.1 Å². The molecule has 28 heavy (non-hydrogen) atoms. The Morgan fingerprint density at radius 2 is 1.96 bits per heavy atom. The van der Waals surface area contributed by atoms with Gasteiger partial charge in [0.1, 0.15) is 5.82 Å². The number of hydrogen-bond acceptors (Lipinski definition) is 3. The van der Waals surface area contributed by atoms with Crippen LogP contribution in [0.1, 0.15) is 56.5 Å². The van der Waals surface area contributed by atoms with Gasteiger partial charge in [-0.1, -0.05) is 30.3 Å². The lowest BCUT2D eigenvalue weighted by molar-refractivity contribution is -0.132. The van der Waals surface area contributed by atoms with Gasteiger partial charge in [0.15, 0.2) is 0 Å². The molecule has 0 bridgehead atoms. The van der Waals surface area contributed by atoms with Crippen LogP contribution in [0.3, 0.4) is 0 Å². The number of amides is 1. The van der Waals surface area contributed by atoms with Crippen LogP contribution >= 0.6 is 0 Å². The fraction of sp³-hybridized carbons (Fsp3) is 0.435. The highest BCUT2D eigenvalue weighted by atomic mass is 16.2. The maximum absolute atomic E-state index is 13.4. The van der Waals surface area contributed by atoms with Crippen LogP contribution in [-0.4, -0.2) is 38.4 Å². The predicted molar refractivity (Wildman–Crippen MR) is 109 cm³/mol. The number of aromatic nitrogens is 3. The molecular formula is C23H26N4O. The fourth-order valence-electron chi connectivity index (χ4n) is 4.76. The highest BCUT2D eigenvalue weighted by Gasteiger charge is 2.53. The Kier molecular flexibility index (Phi) is 4.00. The van der Waals surface area contributed by atoms with E-state index in [0.717, 1.165) is 49.2 Å². The molecule has 1 unspecified atom stereocenters. The van der Waals surface area contributed by atoms with Gasteiger partial charge in [-0.2, -0.15) is 0 Å². The summed E-state index contributed by atoms with van der Waals surface area (Å²) in [5.41, 5.74) is 2.97. The number of carbonyl (C=O) groups excluding carboxylic acids is 1. The summed E-state index contributed by atoms with van der Waals surface area (Å²) in [6.45, 7) is 5.95. The van der Waals surface area contributed by atoms with Crippen LogP contribution < -0.4 is 0 Å². The molecular weight excluding hydrogens is 348 g/mol. The van der Waals surface area contributed by atoms with Crippen molar-refractivity contribution in [2.45, 2.75) is 50.5 Å². The molecule has 0 N–H and O–H groups in total. The Bertz CT molecular complexity index is 1020. The van der Waals surface area contributed by atoms with Crippen molar-refractivity contribution in [1.29, 1.82) is 0 Å². The zero-order valence-electron chi connectivity index (χ0n) is 16.5. The molecule has 5 heteroatoms. The molecule has 3 heterocycles. The van der Waals surface area contributed by atoms with E-state index >= 15 is 0 Å². The molecule has 1 aliphatic carbocycles. The first kappa shape index (κ1) is 17.4. The van der Waals surface area contributed by atoms with Crippen LogP contribution in [0, 0.1) is 0 Å². The Morgan fingerprint density at radius 3 is 2.68 bits per heavy atom. The largest absolute Gasteiger partial charge is 0.341 e. The summed E-state index contributed by atoms with van der Waals surface area (Å²) in [4.78, 5) is 24.7. The first-order chi connectivity index (χ1) is 13.6. The minimum atomic E-state index is -0.280. The van der Waals surface area contributed by atoms with Crippen LogP contribution in [-0.2, 0) is 10.2 Å². The third-order valence-corrected chi connectivity index (χ3v) is 6.36. The molecule has 5 rings (SSSR count). The van der Waals surface area contributed by atoms with Gasteiger partial charge in [-0.05, 0) is 44.7 Å². The summed E-state index contributed by atoms with van der Waals surface area (Å²) < 4.78 is 2.30. The van der Waals surface area contributed by atoms with Gasteiger partial charge in [0.05, 0.1) is 22.6 Å². The van der Waals surface area contributed by atoms with Gasteiger partial charge in [-0.15, -0.1) is 0 Å². The van der Waals surface area contributed by atoms with Gasteiger partial charge in [0, 0.05) is 31.2 Å². The average Bonchev–Trinajstić information content (AvgIpc) is 3.21. The van der Waals surface area contributed by atoms with Gasteiger partial charge in [-0.25, -0.2) is 4.98 Å². The van der Waals surface area contributed by atoms with Crippen molar-refractivity contribution >= 4 is 16.9 Å². The number of fused-ring (bicyclic) bond motifs is 1. The highest BCUT2D eigenvalue weighted by molar-refractivity contribution is 5.91. The molecule has 0 radical (unpaired) electrons. The monoisotopic (exact) mass is 374 g/mol. The SMILES string of the molecule is CC(C)n1c(C2CCN(C(=O)C3(c4ccccc4)CC3)C2)nc2ccncc21. The lowest BCUT2D eigenvalue weighted by atomic mass is 9.94. The Morgan fingerprint density at radius 1 is 1.18 bits per heavy atom.